The predicted molar refractivity (Wildman–Crippen MR) is 112 cm³/mol. The van der Waals surface area contributed by atoms with Crippen molar-refractivity contribution in [1.82, 2.24) is 9.55 Å². The Morgan fingerprint density at radius 1 is 1.07 bits per heavy atom. The minimum Gasteiger partial charge on any atom is -0.300 e. The molecule has 0 radical (unpaired) electrons. The van der Waals surface area contributed by atoms with E-state index in [4.69, 9.17) is 39.8 Å². The van der Waals surface area contributed by atoms with Gasteiger partial charge in [-0.2, -0.15) is 0 Å². The number of hydrogen-bond donors (Lipinski definition) is 0. The molecule has 0 spiro atoms. The van der Waals surface area contributed by atoms with Gasteiger partial charge in [0.25, 0.3) is 5.91 Å². The Bertz CT molecular complexity index is 1060. The van der Waals surface area contributed by atoms with Crippen LogP contribution < -0.4 is 4.90 Å². The van der Waals surface area contributed by atoms with Gasteiger partial charge >= 0.3 is 0 Å². The van der Waals surface area contributed by atoms with Crippen molar-refractivity contribution in [3.05, 3.63) is 51.0 Å². The first-order chi connectivity index (χ1) is 13.0. The zero-order valence-corrected chi connectivity index (χ0v) is 17.2. The molecule has 0 saturated carbocycles. The molecule has 0 unspecified atom stereocenters. The van der Waals surface area contributed by atoms with E-state index in [2.05, 4.69) is 19.9 Å². The van der Waals surface area contributed by atoms with E-state index in [-0.39, 0.29) is 12.5 Å². The van der Waals surface area contributed by atoms with Crippen LogP contribution in [0.2, 0.25) is 15.1 Å². The second-order valence-electron chi connectivity index (χ2n) is 6.67. The highest BCUT2D eigenvalue weighted by atomic mass is 35.5. The first-order valence-corrected chi connectivity index (χ1v) is 10.1. The zero-order chi connectivity index (χ0) is 19.3. The number of benzene rings is 2. The summed E-state index contributed by atoms with van der Waals surface area (Å²) < 4.78 is 1.95. The first kappa shape index (κ1) is 18.6. The van der Waals surface area contributed by atoms with Gasteiger partial charge in [0.05, 0.1) is 21.2 Å². The fourth-order valence-corrected chi connectivity index (χ4v) is 4.51. The average Bonchev–Trinajstić information content (AvgIpc) is 3.14. The number of amides is 1. The van der Waals surface area contributed by atoms with Crippen LogP contribution in [0.1, 0.15) is 38.2 Å². The van der Waals surface area contributed by atoms with Crippen LogP contribution >= 0.6 is 34.8 Å². The maximum absolute atomic E-state index is 12.8. The Hall–Kier alpha value is -1.75. The van der Waals surface area contributed by atoms with E-state index in [0.717, 1.165) is 23.9 Å². The smallest absolute Gasteiger partial charge is 0.254 e. The molecule has 1 aliphatic rings. The van der Waals surface area contributed by atoms with Gasteiger partial charge in [-0.15, -0.1) is 0 Å². The molecule has 0 fully saturated rings. The van der Waals surface area contributed by atoms with Crippen LogP contribution in [0.5, 0.6) is 0 Å². The number of halogens is 3. The molecule has 1 aliphatic heterocycles. The van der Waals surface area contributed by atoms with Crippen molar-refractivity contribution in [3.63, 3.8) is 0 Å². The maximum atomic E-state index is 12.8. The number of hydrogen-bond acceptors (Lipinski definition) is 2. The van der Waals surface area contributed by atoms with Crippen molar-refractivity contribution in [2.24, 2.45) is 0 Å². The Balaban J connectivity index is 1.96. The predicted octanol–water partition coefficient (Wildman–Crippen LogP) is 6.58. The van der Waals surface area contributed by atoms with Gasteiger partial charge in [0.2, 0.25) is 5.95 Å². The lowest BCUT2D eigenvalue weighted by atomic mass is 9.93. The van der Waals surface area contributed by atoms with Gasteiger partial charge in [0, 0.05) is 5.02 Å². The quantitative estimate of drug-likeness (QED) is 0.476. The lowest BCUT2D eigenvalue weighted by Gasteiger charge is -2.15. The summed E-state index contributed by atoms with van der Waals surface area (Å²) in [6.07, 6.45) is 2.02. The van der Waals surface area contributed by atoms with E-state index >= 15 is 0 Å². The number of anilines is 2. The number of carbonyl (C=O) groups excluding carboxylic acids is 1. The first-order valence-electron chi connectivity index (χ1n) is 8.92. The highest BCUT2D eigenvalue weighted by Crippen LogP contribution is 2.42. The summed E-state index contributed by atoms with van der Waals surface area (Å²) in [4.78, 5) is 19.1. The molecule has 140 valence electrons. The molecule has 2 heterocycles. The molecular weight excluding hydrogens is 405 g/mol. The Kier molecular flexibility index (Phi) is 4.83. The highest BCUT2D eigenvalue weighted by molar-refractivity contribution is 6.37. The second-order valence-corrected chi connectivity index (χ2v) is 7.92. The van der Waals surface area contributed by atoms with Gasteiger partial charge < -0.3 is 0 Å². The summed E-state index contributed by atoms with van der Waals surface area (Å²) >= 11 is 18.8. The van der Waals surface area contributed by atoms with Gasteiger partial charge in [0.1, 0.15) is 12.1 Å². The molecule has 4 nitrogen and oxygen atoms in total. The zero-order valence-electron chi connectivity index (χ0n) is 15.0. The third-order valence-corrected chi connectivity index (χ3v) is 6.02. The number of fused-ring (bicyclic) bond motifs is 3. The van der Waals surface area contributed by atoms with Crippen LogP contribution in [-0.2, 0) is 11.3 Å². The fourth-order valence-electron chi connectivity index (χ4n) is 3.82. The van der Waals surface area contributed by atoms with Crippen molar-refractivity contribution in [2.75, 3.05) is 4.90 Å². The number of nitrogens with zero attached hydrogens (tertiary/aromatic N) is 3. The van der Waals surface area contributed by atoms with Crippen molar-refractivity contribution in [3.8, 4) is 0 Å². The average molecular weight is 423 g/mol. The summed E-state index contributed by atoms with van der Waals surface area (Å²) in [5.41, 5.74) is 3.40. The second kappa shape index (κ2) is 7.01. The molecule has 7 heteroatoms. The Labute approximate surface area is 172 Å². The third-order valence-electron chi connectivity index (χ3n) is 5.18. The van der Waals surface area contributed by atoms with Crippen molar-refractivity contribution >= 4 is 63.4 Å². The molecule has 0 bridgehead atoms. The van der Waals surface area contributed by atoms with Crippen molar-refractivity contribution in [1.29, 1.82) is 0 Å². The number of aromatic nitrogens is 2. The topological polar surface area (TPSA) is 38.1 Å². The fraction of sp³-hybridized carbons (Fsp3) is 0.300. The molecule has 1 amide bonds. The molecule has 3 aromatic rings. The van der Waals surface area contributed by atoms with Gasteiger partial charge in [-0.05, 0) is 48.6 Å². The molecule has 0 aliphatic carbocycles. The monoisotopic (exact) mass is 421 g/mol. The summed E-state index contributed by atoms with van der Waals surface area (Å²) in [6.45, 7) is 4.54. The summed E-state index contributed by atoms with van der Waals surface area (Å²) in [5.74, 6) is 0.840. The highest BCUT2D eigenvalue weighted by Gasteiger charge is 2.35. The molecule has 0 saturated heterocycles. The van der Waals surface area contributed by atoms with Crippen LogP contribution in [0.4, 0.5) is 11.6 Å². The van der Waals surface area contributed by atoms with E-state index in [1.807, 2.05) is 10.6 Å². The summed E-state index contributed by atoms with van der Waals surface area (Å²) in [7, 11) is 0. The van der Waals surface area contributed by atoms with E-state index in [1.165, 1.54) is 5.56 Å². The van der Waals surface area contributed by atoms with Crippen LogP contribution in [0.15, 0.2) is 30.3 Å². The van der Waals surface area contributed by atoms with E-state index in [9.17, 15) is 4.79 Å². The molecular formula is C20H18Cl3N3O. The largest absolute Gasteiger partial charge is 0.300 e. The Morgan fingerprint density at radius 3 is 2.48 bits per heavy atom. The van der Waals surface area contributed by atoms with E-state index in [0.29, 0.717) is 32.6 Å². The van der Waals surface area contributed by atoms with Crippen molar-refractivity contribution in [2.45, 2.75) is 39.2 Å². The minimum absolute atomic E-state index is 0.0842. The number of imidazole rings is 1. The third kappa shape index (κ3) is 2.91. The van der Waals surface area contributed by atoms with Gasteiger partial charge in [-0.3, -0.25) is 9.36 Å². The van der Waals surface area contributed by atoms with E-state index in [1.54, 1.807) is 23.1 Å². The van der Waals surface area contributed by atoms with Crippen LogP contribution in [-0.4, -0.2) is 15.5 Å². The molecule has 27 heavy (non-hydrogen) atoms. The van der Waals surface area contributed by atoms with Crippen LogP contribution in [0.3, 0.4) is 0 Å². The minimum atomic E-state index is -0.0842. The normalized spacial score (nSPS) is 13.9. The Morgan fingerprint density at radius 2 is 1.81 bits per heavy atom. The maximum Gasteiger partial charge on any atom is 0.254 e. The molecule has 1 aromatic heterocycles. The molecule has 0 N–H and O–H groups in total. The van der Waals surface area contributed by atoms with Gasteiger partial charge in [-0.25, -0.2) is 9.88 Å². The van der Waals surface area contributed by atoms with Crippen LogP contribution in [0.25, 0.3) is 11.0 Å². The molecule has 4 rings (SSSR count). The van der Waals surface area contributed by atoms with Gasteiger partial charge in [-0.1, -0.05) is 54.7 Å². The molecule has 0 atom stereocenters. The van der Waals surface area contributed by atoms with Crippen LogP contribution in [0, 0.1) is 0 Å². The molecule has 2 aromatic carbocycles. The summed E-state index contributed by atoms with van der Waals surface area (Å²) in [5, 5.41) is 1.50. The lowest BCUT2D eigenvalue weighted by molar-refractivity contribution is -0.117. The standard InChI is InChI=1S/C20H18Cl3N3O/c1-3-11(4-2)13-6-7-14(22)18-19(13)25-10-17(27)26(20(25)24-18)16-8-5-12(21)9-15(16)23/h5-9,11H,3-4,10H2,1-2H3. The van der Waals surface area contributed by atoms with E-state index < -0.39 is 0 Å². The SMILES string of the molecule is CCC(CC)c1ccc(Cl)c2nc3n(c12)CC(=O)N3c1ccc(Cl)cc1Cl. The lowest BCUT2D eigenvalue weighted by Crippen LogP contribution is -2.22. The number of carbonyl (C=O) groups is 1. The van der Waals surface area contributed by atoms with Gasteiger partial charge in [0.15, 0.2) is 0 Å². The number of rotatable bonds is 4. The summed E-state index contributed by atoms with van der Waals surface area (Å²) in [6, 6.07) is 9.02. The van der Waals surface area contributed by atoms with Crippen molar-refractivity contribution < 1.29 is 4.79 Å².